The SMILES string of the molecule is CCCNCc1cnc(C23CC4CC(CC(C4)C2)C3)nc1. The summed E-state index contributed by atoms with van der Waals surface area (Å²) in [5.74, 6) is 4.04. The maximum Gasteiger partial charge on any atom is 0.134 e. The molecule has 3 heteroatoms. The Morgan fingerprint density at radius 2 is 1.62 bits per heavy atom. The summed E-state index contributed by atoms with van der Waals surface area (Å²) in [6.45, 7) is 4.16. The molecule has 21 heavy (non-hydrogen) atoms. The van der Waals surface area contributed by atoms with Crippen LogP contribution in [0.4, 0.5) is 0 Å². The van der Waals surface area contributed by atoms with Crippen LogP contribution in [-0.2, 0) is 12.0 Å². The Balaban J connectivity index is 1.51. The zero-order valence-corrected chi connectivity index (χ0v) is 13.1. The van der Waals surface area contributed by atoms with Gasteiger partial charge in [0, 0.05) is 29.9 Å². The Hall–Kier alpha value is -0.960. The van der Waals surface area contributed by atoms with E-state index in [1.165, 1.54) is 50.5 Å². The number of nitrogens with zero attached hydrogens (tertiary/aromatic N) is 2. The van der Waals surface area contributed by atoms with Crippen LogP contribution in [0.25, 0.3) is 0 Å². The third-order valence-electron chi connectivity index (χ3n) is 5.97. The minimum atomic E-state index is 0.337. The number of aromatic nitrogens is 2. The Morgan fingerprint density at radius 3 is 2.14 bits per heavy atom. The third-order valence-corrected chi connectivity index (χ3v) is 5.97. The van der Waals surface area contributed by atoms with Crippen molar-refractivity contribution in [1.29, 1.82) is 0 Å². The van der Waals surface area contributed by atoms with Gasteiger partial charge in [0.1, 0.15) is 5.82 Å². The monoisotopic (exact) mass is 285 g/mol. The molecule has 4 fully saturated rings. The molecule has 0 unspecified atom stereocenters. The van der Waals surface area contributed by atoms with Gasteiger partial charge in [0.25, 0.3) is 0 Å². The summed E-state index contributed by atoms with van der Waals surface area (Å²) in [7, 11) is 0. The lowest BCUT2D eigenvalue weighted by Crippen LogP contribution is -2.49. The van der Waals surface area contributed by atoms with Gasteiger partial charge in [-0.3, -0.25) is 0 Å². The average Bonchev–Trinajstić information content (AvgIpc) is 2.47. The smallest absolute Gasteiger partial charge is 0.134 e. The molecular formula is C18H27N3. The summed E-state index contributed by atoms with van der Waals surface area (Å²) in [6.07, 6.45) is 13.8. The first kappa shape index (κ1) is 13.7. The molecule has 0 aromatic carbocycles. The molecule has 4 aliphatic carbocycles. The molecule has 5 rings (SSSR count). The summed E-state index contributed by atoms with van der Waals surface area (Å²) < 4.78 is 0. The van der Waals surface area contributed by atoms with E-state index in [-0.39, 0.29) is 0 Å². The summed E-state index contributed by atoms with van der Waals surface area (Å²) in [6, 6.07) is 0. The van der Waals surface area contributed by atoms with Gasteiger partial charge in [0.05, 0.1) is 0 Å². The van der Waals surface area contributed by atoms with Crippen molar-refractivity contribution in [3.8, 4) is 0 Å². The van der Waals surface area contributed by atoms with Gasteiger partial charge in [-0.1, -0.05) is 6.92 Å². The molecule has 1 aromatic heterocycles. The van der Waals surface area contributed by atoms with E-state index in [4.69, 9.17) is 9.97 Å². The van der Waals surface area contributed by atoms with Crippen LogP contribution < -0.4 is 5.32 Å². The number of rotatable bonds is 5. The minimum absolute atomic E-state index is 0.337. The first-order chi connectivity index (χ1) is 10.3. The van der Waals surface area contributed by atoms with E-state index >= 15 is 0 Å². The van der Waals surface area contributed by atoms with E-state index in [2.05, 4.69) is 24.6 Å². The molecule has 0 spiro atoms. The summed E-state index contributed by atoms with van der Waals surface area (Å²) in [5.41, 5.74) is 1.56. The zero-order valence-electron chi connectivity index (χ0n) is 13.1. The van der Waals surface area contributed by atoms with Crippen LogP contribution in [0, 0.1) is 17.8 Å². The molecule has 0 aliphatic heterocycles. The van der Waals surface area contributed by atoms with Crippen LogP contribution in [0.2, 0.25) is 0 Å². The first-order valence-corrected chi connectivity index (χ1v) is 8.79. The van der Waals surface area contributed by atoms with Crippen molar-refractivity contribution < 1.29 is 0 Å². The van der Waals surface area contributed by atoms with Crippen LogP contribution in [0.5, 0.6) is 0 Å². The molecule has 1 N–H and O–H groups in total. The fraction of sp³-hybridized carbons (Fsp3) is 0.778. The quantitative estimate of drug-likeness (QED) is 0.842. The summed E-state index contributed by atoms with van der Waals surface area (Å²) in [5, 5.41) is 3.43. The molecule has 0 radical (unpaired) electrons. The van der Waals surface area contributed by atoms with Crippen LogP contribution in [0.1, 0.15) is 63.3 Å². The number of hydrogen-bond donors (Lipinski definition) is 1. The van der Waals surface area contributed by atoms with Gasteiger partial charge < -0.3 is 5.32 Å². The molecule has 1 aromatic rings. The standard InChI is InChI=1S/C18H27N3/c1-2-3-19-10-16-11-20-17(21-12-16)18-7-13-4-14(8-18)6-15(5-13)9-18/h11-15,19H,2-10H2,1H3. The second-order valence-corrected chi connectivity index (χ2v) is 7.79. The summed E-state index contributed by atoms with van der Waals surface area (Å²) in [4.78, 5) is 9.59. The molecule has 0 atom stereocenters. The minimum Gasteiger partial charge on any atom is -0.313 e. The second-order valence-electron chi connectivity index (χ2n) is 7.79. The maximum atomic E-state index is 4.80. The van der Waals surface area contributed by atoms with E-state index in [0.717, 1.165) is 36.7 Å². The van der Waals surface area contributed by atoms with Gasteiger partial charge in [-0.25, -0.2) is 9.97 Å². The van der Waals surface area contributed by atoms with Crippen LogP contribution in [-0.4, -0.2) is 16.5 Å². The van der Waals surface area contributed by atoms with Gasteiger partial charge in [-0.2, -0.15) is 0 Å². The molecule has 4 saturated carbocycles. The molecule has 0 amide bonds. The molecule has 0 saturated heterocycles. The van der Waals surface area contributed by atoms with Crippen molar-refractivity contribution in [3.05, 3.63) is 23.8 Å². The highest BCUT2D eigenvalue weighted by Crippen LogP contribution is 2.59. The van der Waals surface area contributed by atoms with Crippen LogP contribution in [0.3, 0.4) is 0 Å². The lowest BCUT2D eigenvalue weighted by molar-refractivity contribution is -0.00942. The third kappa shape index (κ3) is 2.50. The second kappa shape index (κ2) is 5.35. The van der Waals surface area contributed by atoms with Crippen molar-refractivity contribution in [1.82, 2.24) is 15.3 Å². The Bertz CT molecular complexity index is 458. The Labute approximate surface area is 128 Å². The maximum absolute atomic E-state index is 4.80. The van der Waals surface area contributed by atoms with E-state index in [1.54, 1.807) is 0 Å². The highest BCUT2D eigenvalue weighted by Gasteiger charge is 2.52. The molecule has 3 nitrogen and oxygen atoms in total. The van der Waals surface area contributed by atoms with Gasteiger partial charge in [-0.15, -0.1) is 0 Å². The van der Waals surface area contributed by atoms with Crippen molar-refractivity contribution in [3.63, 3.8) is 0 Å². The van der Waals surface area contributed by atoms with Crippen molar-refractivity contribution >= 4 is 0 Å². The van der Waals surface area contributed by atoms with Crippen LogP contribution in [0.15, 0.2) is 12.4 Å². The van der Waals surface area contributed by atoms with Crippen LogP contribution >= 0.6 is 0 Å². The first-order valence-electron chi connectivity index (χ1n) is 8.79. The molecule has 114 valence electrons. The topological polar surface area (TPSA) is 37.8 Å². The van der Waals surface area contributed by atoms with Crippen molar-refractivity contribution in [2.24, 2.45) is 17.8 Å². The fourth-order valence-electron chi connectivity index (χ4n) is 5.51. The van der Waals surface area contributed by atoms with Gasteiger partial charge in [0.15, 0.2) is 0 Å². The normalized spacial score (nSPS) is 37.1. The highest BCUT2D eigenvalue weighted by molar-refractivity contribution is 5.18. The van der Waals surface area contributed by atoms with Gasteiger partial charge >= 0.3 is 0 Å². The molecule has 1 heterocycles. The average molecular weight is 285 g/mol. The predicted molar refractivity (Wildman–Crippen MR) is 83.9 cm³/mol. The fourth-order valence-corrected chi connectivity index (χ4v) is 5.51. The highest BCUT2D eigenvalue weighted by atomic mass is 14.9. The lowest BCUT2D eigenvalue weighted by Gasteiger charge is -2.55. The Morgan fingerprint density at radius 1 is 1.05 bits per heavy atom. The number of nitrogens with one attached hydrogen (secondary N) is 1. The largest absolute Gasteiger partial charge is 0.313 e. The lowest BCUT2D eigenvalue weighted by atomic mass is 9.49. The van der Waals surface area contributed by atoms with E-state index in [0.29, 0.717) is 5.41 Å². The van der Waals surface area contributed by atoms with Crippen molar-refractivity contribution in [2.45, 2.75) is 63.8 Å². The van der Waals surface area contributed by atoms with Gasteiger partial charge in [0.2, 0.25) is 0 Å². The molecule has 4 bridgehead atoms. The van der Waals surface area contributed by atoms with E-state index in [9.17, 15) is 0 Å². The predicted octanol–water partition coefficient (Wildman–Crippen LogP) is 3.44. The number of hydrogen-bond acceptors (Lipinski definition) is 3. The Kier molecular flexibility index (Phi) is 3.49. The molecule has 4 aliphatic rings. The van der Waals surface area contributed by atoms with Gasteiger partial charge in [-0.05, 0) is 69.2 Å². The molecular weight excluding hydrogens is 258 g/mol. The summed E-state index contributed by atoms with van der Waals surface area (Å²) >= 11 is 0. The van der Waals surface area contributed by atoms with Crippen molar-refractivity contribution in [2.75, 3.05) is 6.54 Å². The zero-order chi connectivity index (χ0) is 14.3. The van der Waals surface area contributed by atoms with E-state index < -0.39 is 0 Å². The van der Waals surface area contributed by atoms with E-state index in [1.807, 2.05) is 0 Å².